The van der Waals surface area contributed by atoms with E-state index in [9.17, 15) is 0 Å². The minimum Gasteiger partial charge on any atom is -0.315 e. The maximum atomic E-state index is 8.78. The van der Waals surface area contributed by atoms with E-state index in [-0.39, 0.29) is 0 Å². The van der Waals surface area contributed by atoms with Gasteiger partial charge in [0.25, 0.3) is 0 Å². The Morgan fingerprint density at radius 1 is 1.38 bits per heavy atom. The third-order valence-electron chi connectivity index (χ3n) is 2.74. The average Bonchev–Trinajstić information content (AvgIpc) is 2.58. The van der Waals surface area contributed by atoms with Crippen LogP contribution >= 0.6 is 0 Å². The van der Waals surface area contributed by atoms with Crippen LogP contribution in [0.2, 0.25) is 0 Å². The van der Waals surface area contributed by atoms with Gasteiger partial charge in [-0.2, -0.15) is 5.26 Å². The highest BCUT2D eigenvalue weighted by molar-refractivity contribution is 5.22. The Bertz CT molecular complexity index is 375. The monoisotopic (exact) mass is 216 g/mol. The van der Waals surface area contributed by atoms with Crippen molar-refractivity contribution < 1.29 is 0 Å². The van der Waals surface area contributed by atoms with Crippen LogP contribution in [0.4, 0.5) is 0 Å². The quantitative estimate of drug-likeness (QED) is 0.792. The Hall–Kier alpha value is -1.44. The Morgan fingerprint density at radius 3 is 3.19 bits per heavy atom. The van der Waals surface area contributed by atoms with Crippen molar-refractivity contribution in [2.75, 3.05) is 26.2 Å². The number of hydrogen-bond acceptors (Lipinski definition) is 4. The first-order valence-electron chi connectivity index (χ1n) is 5.67. The van der Waals surface area contributed by atoms with Crippen LogP contribution in [-0.4, -0.2) is 36.1 Å². The van der Waals surface area contributed by atoms with Gasteiger partial charge in [0.15, 0.2) is 0 Å². The van der Waals surface area contributed by atoms with Crippen molar-refractivity contribution in [3.05, 3.63) is 29.6 Å². The van der Waals surface area contributed by atoms with Crippen LogP contribution in [0.25, 0.3) is 0 Å². The van der Waals surface area contributed by atoms with Crippen LogP contribution in [0.3, 0.4) is 0 Å². The predicted octanol–water partition coefficient (Wildman–Crippen LogP) is 0.749. The molecule has 0 aromatic carbocycles. The normalized spacial score (nSPS) is 17.7. The summed E-state index contributed by atoms with van der Waals surface area (Å²) in [5, 5.41) is 12.1. The lowest BCUT2D eigenvalue weighted by molar-refractivity contribution is 0.281. The molecule has 84 valence electrons. The van der Waals surface area contributed by atoms with Crippen molar-refractivity contribution in [3.63, 3.8) is 0 Å². The van der Waals surface area contributed by atoms with Crippen molar-refractivity contribution in [3.8, 4) is 6.07 Å². The fraction of sp³-hybridized carbons (Fsp3) is 0.500. The Labute approximate surface area is 95.9 Å². The summed E-state index contributed by atoms with van der Waals surface area (Å²) in [5.74, 6) is 0. The van der Waals surface area contributed by atoms with E-state index in [2.05, 4.69) is 21.3 Å². The summed E-state index contributed by atoms with van der Waals surface area (Å²) in [7, 11) is 0. The first-order valence-corrected chi connectivity index (χ1v) is 5.67. The molecular weight excluding hydrogens is 200 g/mol. The third-order valence-corrected chi connectivity index (χ3v) is 2.74. The van der Waals surface area contributed by atoms with Gasteiger partial charge in [-0.3, -0.25) is 4.90 Å². The average molecular weight is 216 g/mol. The van der Waals surface area contributed by atoms with E-state index >= 15 is 0 Å². The fourth-order valence-corrected chi connectivity index (χ4v) is 1.92. The lowest BCUT2D eigenvalue weighted by Gasteiger charge is -2.18. The van der Waals surface area contributed by atoms with Gasteiger partial charge in [0.2, 0.25) is 0 Å². The molecule has 0 spiro atoms. The summed E-state index contributed by atoms with van der Waals surface area (Å²) >= 11 is 0. The van der Waals surface area contributed by atoms with Crippen molar-refractivity contribution >= 4 is 0 Å². The third kappa shape index (κ3) is 3.02. The standard InChI is InChI=1S/C12H16N4/c13-9-11-3-1-4-12(15-11)10-16-7-2-5-14-6-8-16/h1,3-4,14H,2,5-8,10H2. The zero-order valence-electron chi connectivity index (χ0n) is 9.32. The number of pyridine rings is 1. The summed E-state index contributed by atoms with van der Waals surface area (Å²) in [6, 6.07) is 7.70. The van der Waals surface area contributed by atoms with E-state index < -0.39 is 0 Å². The number of rotatable bonds is 2. The molecule has 2 rings (SSSR count). The van der Waals surface area contributed by atoms with Crippen LogP contribution in [0.5, 0.6) is 0 Å². The summed E-state index contributed by atoms with van der Waals surface area (Å²) in [6.45, 7) is 5.14. The van der Waals surface area contributed by atoms with E-state index in [1.54, 1.807) is 6.07 Å². The highest BCUT2D eigenvalue weighted by Gasteiger charge is 2.09. The number of nitriles is 1. The maximum absolute atomic E-state index is 8.78. The zero-order chi connectivity index (χ0) is 11.2. The second kappa shape index (κ2) is 5.59. The Morgan fingerprint density at radius 2 is 2.31 bits per heavy atom. The van der Waals surface area contributed by atoms with Gasteiger partial charge in [-0.25, -0.2) is 4.98 Å². The Kier molecular flexibility index (Phi) is 3.86. The molecule has 0 bridgehead atoms. The molecule has 0 radical (unpaired) electrons. The molecule has 0 amide bonds. The highest BCUT2D eigenvalue weighted by atomic mass is 15.2. The molecule has 1 aliphatic rings. The molecule has 2 heterocycles. The van der Waals surface area contributed by atoms with Crippen molar-refractivity contribution in [2.24, 2.45) is 0 Å². The number of hydrogen-bond donors (Lipinski definition) is 1. The molecule has 1 fully saturated rings. The molecule has 0 aliphatic carbocycles. The van der Waals surface area contributed by atoms with E-state index in [4.69, 9.17) is 5.26 Å². The lowest BCUT2D eigenvalue weighted by atomic mass is 10.3. The van der Waals surface area contributed by atoms with Gasteiger partial charge in [-0.1, -0.05) is 6.07 Å². The molecule has 0 unspecified atom stereocenters. The first-order chi connectivity index (χ1) is 7.88. The second-order valence-electron chi connectivity index (χ2n) is 4.01. The topological polar surface area (TPSA) is 52.0 Å². The number of nitrogens with zero attached hydrogens (tertiary/aromatic N) is 3. The summed E-state index contributed by atoms with van der Waals surface area (Å²) in [4.78, 5) is 6.67. The van der Waals surface area contributed by atoms with Crippen LogP contribution in [0.1, 0.15) is 17.8 Å². The van der Waals surface area contributed by atoms with E-state index in [0.29, 0.717) is 5.69 Å². The van der Waals surface area contributed by atoms with E-state index in [0.717, 1.165) is 38.4 Å². The molecule has 1 aliphatic heterocycles. The Balaban J connectivity index is 1.99. The largest absolute Gasteiger partial charge is 0.315 e. The van der Waals surface area contributed by atoms with Gasteiger partial charge < -0.3 is 5.32 Å². The summed E-state index contributed by atoms with van der Waals surface area (Å²) in [5.41, 5.74) is 1.49. The molecule has 4 heteroatoms. The molecule has 16 heavy (non-hydrogen) atoms. The summed E-state index contributed by atoms with van der Waals surface area (Å²) in [6.07, 6.45) is 1.18. The molecule has 4 nitrogen and oxygen atoms in total. The molecule has 1 aromatic heterocycles. The van der Waals surface area contributed by atoms with Crippen molar-refractivity contribution in [1.29, 1.82) is 5.26 Å². The van der Waals surface area contributed by atoms with E-state index in [1.165, 1.54) is 6.42 Å². The molecule has 1 aromatic rings. The van der Waals surface area contributed by atoms with E-state index in [1.807, 2.05) is 12.1 Å². The lowest BCUT2D eigenvalue weighted by Crippen LogP contribution is -2.28. The molecule has 1 N–H and O–H groups in total. The molecular formula is C12H16N4. The van der Waals surface area contributed by atoms with Crippen LogP contribution in [-0.2, 0) is 6.54 Å². The fourth-order valence-electron chi connectivity index (χ4n) is 1.92. The molecule has 1 saturated heterocycles. The van der Waals surface area contributed by atoms with Crippen molar-refractivity contribution in [1.82, 2.24) is 15.2 Å². The van der Waals surface area contributed by atoms with Gasteiger partial charge in [-0.05, 0) is 31.6 Å². The minimum atomic E-state index is 0.505. The minimum absolute atomic E-state index is 0.505. The van der Waals surface area contributed by atoms with Gasteiger partial charge in [0.05, 0.1) is 5.69 Å². The van der Waals surface area contributed by atoms with Gasteiger partial charge in [0, 0.05) is 19.6 Å². The highest BCUT2D eigenvalue weighted by Crippen LogP contribution is 2.05. The van der Waals surface area contributed by atoms with Crippen LogP contribution in [0, 0.1) is 11.3 Å². The molecule has 0 saturated carbocycles. The second-order valence-corrected chi connectivity index (χ2v) is 4.01. The summed E-state index contributed by atoms with van der Waals surface area (Å²) < 4.78 is 0. The predicted molar refractivity (Wildman–Crippen MR) is 61.7 cm³/mol. The van der Waals surface area contributed by atoms with Gasteiger partial charge in [-0.15, -0.1) is 0 Å². The van der Waals surface area contributed by atoms with Crippen molar-refractivity contribution in [2.45, 2.75) is 13.0 Å². The first kappa shape index (κ1) is 11.1. The maximum Gasteiger partial charge on any atom is 0.140 e. The zero-order valence-corrected chi connectivity index (χ0v) is 9.32. The molecule has 0 atom stereocenters. The van der Waals surface area contributed by atoms with Gasteiger partial charge in [0.1, 0.15) is 11.8 Å². The SMILES string of the molecule is N#Cc1cccc(CN2CCCNCC2)n1. The smallest absolute Gasteiger partial charge is 0.140 e. The van der Waals surface area contributed by atoms with Crippen LogP contribution < -0.4 is 5.32 Å². The van der Waals surface area contributed by atoms with Gasteiger partial charge >= 0.3 is 0 Å². The number of nitrogens with one attached hydrogen (secondary N) is 1. The number of aromatic nitrogens is 1. The van der Waals surface area contributed by atoms with Crippen LogP contribution in [0.15, 0.2) is 18.2 Å².